The van der Waals surface area contributed by atoms with E-state index in [0.29, 0.717) is 17.8 Å². The highest BCUT2D eigenvalue weighted by atomic mass is 16.7. The molecule has 0 spiro atoms. The number of carbonyl (C=O) groups is 3. The Morgan fingerprint density at radius 1 is 1.10 bits per heavy atom. The Kier molecular flexibility index (Phi) is 9.14. The molecule has 0 radical (unpaired) electrons. The second-order valence-corrected chi connectivity index (χ2v) is 8.17. The second-order valence-electron chi connectivity index (χ2n) is 8.17. The number of rotatable bonds is 9. The maximum absolute atomic E-state index is 12.5. The van der Waals surface area contributed by atoms with Crippen LogP contribution in [0.2, 0.25) is 0 Å². The van der Waals surface area contributed by atoms with Gasteiger partial charge in [-0.05, 0) is 44.4 Å². The van der Waals surface area contributed by atoms with Gasteiger partial charge < -0.3 is 23.7 Å². The lowest BCUT2D eigenvalue weighted by Crippen LogP contribution is -2.37. The lowest BCUT2D eigenvalue weighted by molar-refractivity contribution is -0.180. The minimum atomic E-state index is -1.03. The summed E-state index contributed by atoms with van der Waals surface area (Å²) in [6, 6.07) is 0. The predicted molar refractivity (Wildman–Crippen MR) is 107 cm³/mol. The topological polar surface area (TPSA) is 97.4 Å². The lowest BCUT2D eigenvalue weighted by atomic mass is 9.75. The van der Waals surface area contributed by atoms with Gasteiger partial charge in [-0.15, -0.1) is 0 Å². The van der Waals surface area contributed by atoms with E-state index in [4.69, 9.17) is 23.7 Å². The maximum atomic E-state index is 12.5. The third-order valence-electron chi connectivity index (χ3n) is 5.51. The molecule has 0 amide bonds. The molecule has 1 aliphatic carbocycles. The van der Waals surface area contributed by atoms with E-state index in [9.17, 15) is 14.4 Å². The van der Waals surface area contributed by atoms with Gasteiger partial charge in [-0.2, -0.15) is 0 Å². The van der Waals surface area contributed by atoms with Crippen molar-refractivity contribution in [1.29, 1.82) is 0 Å². The van der Waals surface area contributed by atoms with Crippen molar-refractivity contribution in [3.8, 4) is 0 Å². The van der Waals surface area contributed by atoms with Gasteiger partial charge in [-0.25, -0.2) is 9.59 Å². The lowest BCUT2D eigenvalue weighted by Gasteiger charge is -2.38. The number of hydrogen-bond acceptors (Lipinski definition) is 8. The quantitative estimate of drug-likeness (QED) is 0.240. The fraction of sp³-hybridized carbons (Fsp3) is 0.773. The molecule has 1 heterocycles. The molecule has 4 atom stereocenters. The molecular weight excluding hydrogens is 392 g/mol. The van der Waals surface area contributed by atoms with E-state index < -0.39 is 30.8 Å². The summed E-state index contributed by atoms with van der Waals surface area (Å²) in [5, 5.41) is 0. The molecule has 1 saturated heterocycles. The molecule has 0 aromatic heterocycles. The Morgan fingerprint density at radius 2 is 1.80 bits per heavy atom. The molecule has 0 unspecified atom stereocenters. The minimum absolute atomic E-state index is 0.104. The monoisotopic (exact) mass is 426 g/mol. The van der Waals surface area contributed by atoms with E-state index in [1.807, 2.05) is 0 Å². The maximum Gasteiger partial charge on any atom is 0.373 e. The van der Waals surface area contributed by atoms with Crippen molar-refractivity contribution in [2.45, 2.75) is 72.7 Å². The minimum Gasteiger partial charge on any atom is -0.474 e. The van der Waals surface area contributed by atoms with Gasteiger partial charge in [0, 0.05) is 0 Å². The van der Waals surface area contributed by atoms with Gasteiger partial charge in [0.05, 0.1) is 31.3 Å². The molecule has 170 valence electrons. The first-order valence-electron chi connectivity index (χ1n) is 10.8. The van der Waals surface area contributed by atoms with Crippen LogP contribution in [-0.2, 0) is 38.1 Å². The first-order chi connectivity index (χ1) is 14.3. The average Bonchev–Trinajstić information content (AvgIpc) is 3.02. The van der Waals surface area contributed by atoms with E-state index >= 15 is 0 Å². The summed E-state index contributed by atoms with van der Waals surface area (Å²) in [4.78, 5) is 36.3. The number of esters is 3. The number of hydrogen-bond donors (Lipinski definition) is 0. The summed E-state index contributed by atoms with van der Waals surface area (Å²) in [6.45, 7) is 9.66. The van der Waals surface area contributed by atoms with E-state index in [2.05, 4.69) is 20.8 Å². The highest BCUT2D eigenvalue weighted by molar-refractivity contribution is 5.90. The third kappa shape index (κ3) is 6.45. The van der Waals surface area contributed by atoms with Crippen LogP contribution in [0, 0.1) is 17.8 Å². The molecule has 30 heavy (non-hydrogen) atoms. The fourth-order valence-corrected chi connectivity index (χ4v) is 4.01. The van der Waals surface area contributed by atoms with Crippen molar-refractivity contribution in [1.82, 2.24) is 0 Å². The second kappa shape index (κ2) is 11.3. The summed E-state index contributed by atoms with van der Waals surface area (Å²) in [7, 11) is 0. The molecule has 1 aliphatic heterocycles. The van der Waals surface area contributed by atoms with Crippen LogP contribution in [0.5, 0.6) is 0 Å². The molecule has 8 nitrogen and oxygen atoms in total. The molecular formula is C22H34O8. The van der Waals surface area contributed by atoms with Gasteiger partial charge in [0.25, 0.3) is 0 Å². The van der Waals surface area contributed by atoms with E-state index in [-0.39, 0.29) is 37.1 Å². The average molecular weight is 427 g/mol. The normalized spacial score (nSPS) is 28.1. The highest BCUT2D eigenvalue weighted by Gasteiger charge is 2.41. The molecule has 0 N–H and O–H groups in total. The van der Waals surface area contributed by atoms with Gasteiger partial charge in [0.2, 0.25) is 12.0 Å². The molecule has 0 bridgehead atoms. The van der Waals surface area contributed by atoms with Gasteiger partial charge in [0.15, 0.2) is 6.61 Å². The molecule has 2 rings (SSSR count). The third-order valence-corrected chi connectivity index (χ3v) is 5.51. The van der Waals surface area contributed by atoms with Crippen molar-refractivity contribution in [3.05, 3.63) is 11.3 Å². The zero-order valence-electron chi connectivity index (χ0n) is 18.6. The van der Waals surface area contributed by atoms with Crippen LogP contribution in [0.4, 0.5) is 0 Å². The van der Waals surface area contributed by atoms with Crippen molar-refractivity contribution in [3.63, 3.8) is 0 Å². The van der Waals surface area contributed by atoms with Gasteiger partial charge in [-0.3, -0.25) is 4.79 Å². The largest absolute Gasteiger partial charge is 0.474 e. The zero-order chi connectivity index (χ0) is 22.3. The van der Waals surface area contributed by atoms with Gasteiger partial charge >= 0.3 is 17.9 Å². The Bertz CT molecular complexity index is 654. The molecule has 2 aliphatic rings. The first kappa shape index (κ1) is 24.2. The van der Waals surface area contributed by atoms with E-state index in [0.717, 1.165) is 19.3 Å². The van der Waals surface area contributed by atoms with Crippen LogP contribution >= 0.6 is 0 Å². The first-order valence-corrected chi connectivity index (χ1v) is 10.8. The van der Waals surface area contributed by atoms with Crippen LogP contribution < -0.4 is 0 Å². The predicted octanol–water partition coefficient (Wildman–Crippen LogP) is 3.13. The standard InChI is InChI=1S/C22H34O8/c1-6-26-19(24)12-28-20(21(25)27-7-2)16-11-18(23)30-22(16)29-17-10-14(5)8-9-15(17)13(3)4/h13-15,17,22H,6-12H2,1-5H3/b20-16-/t14-,15+,17-,22-/m1/s1. The van der Waals surface area contributed by atoms with Crippen LogP contribution in [0.1, 0.15) is 60.3 Å². The van der Waals surface area contributed by atoms with Crippen LogP contribution in [0.15, 0.2) is 11.3 Å². The Balaban J connectivity index is 2.26. The molecule has 1 saturated carbocycles. The summed E-state index contributed by atoms with van der Waals surface area (Å²) in [5.74, 6) is -0.874. The van der Waals surface area contributed by atoms with Crippen molar-refractivity contribution in [2.75, 3.05) is 19.8 Å². The fourth-order valence-electron chi connectivity index (χ4n) is 4.01. The van der Waals surface area contributed by atoms with Crippen LogP contribution in [0.3, 0.4) is 0 Å². The number of ether oxygens (including phenoxy) is 5. The summed E-state index contributed by atoms with van der Waals surface area (Å²) >= 11 is 0. The Hall–Kier alpha value is -2.09. The molecule has 0 aromatic carbocycles. The van der Waals surface area contributed by atoms with Crippen molar-refractivity contribution < 1.29 is 38.1 Å². The Labute approximate surface area is 178 Å². The summed E-state index contributed by atoms with van der Waals surface area (Å²) < 4.78 is 27.0. The van der Waals surface area contributed by atoms with E-state index in [1.165, 1.54) is 0 Å². The van der Waals surface area contributed by atoms with Crippen LogP contribution in [-0.4, -0.2) is 50.1 Å². The van der Waals surface area contributed by atoms with Gasteiger partial charge in [-0.1, -0.05) is 27.2 Å². The molecule has 2 fully saturated rings. The number of carbonyl (C=O) groups excluding carboxylic acids is 3. The van der Waals surface area contributed by atoms with E-state index in [1.54, 1.807) is 13.8 Å². The molecule has 8 heteroatoms. The van der Waals surface area contributed by atoms with Crippen molar-refractivity contribution >= 4 is 17.9 Å². The zero-order valence-corrected chi connectivity index (χ0v) is 18.6. The van der Waals surface area contributed by atoms with Crippen molar-refractivity contribution in [2.24, 2.45) is 17.8 Å². The molecule has 0 aromatic rings. The highest BCUT2D eigenvalue weighted by Crippen LogP contribution is 2.38. The smallest absolute Gasteiger partial charge is 0.373 e. The summed E-state index contributed by atoms with van der Waals surface area (Å²) in [5.41, 5.74) is 0.253. The Morgan fingerprint density at radius 3 is 2.43 bits per heavy atom. The number of cyclic esters (lactones) is 1. The van der Waals surface area contributed by atoms with Gasteiger partial charge in [0.1, 0.15) is 0 Å². The SMILES string of the molecule is CCOC(=O)CO/C(C(=O)OCC)=C1/CC(=O)O[C@H]1O[C@@H]1C[C@H](C)CC[C@H]1C(C)C. The summed E-state index contributed by atoms with van der Waals surface area (Å²) in [6.07, 6.45) is 1.72. The van der Waals surface area contributed by atoms with Crippen LogP contribution in [0.25, 0.3) is 0 Å².